The fourth-order valence-electron chi connectivity index (χ4n) is 0.664. The lowest BCUT2D eigenvalue weighted by atomic mass is 10.2. The summed E-state index contributed by atoms with van der Waals surface area (Å²) in [5.74, 6) is 0. The maximum absolute atomic E-state index is 3.74. The monoisotopic (exact) mass is 136 g/mol. The van der Waals surface area contributed by atoms with Crippen molar-refractivity contribution in [3.63, 3.8) is 0 Å². The normalized spacial score (nSPS) is 11.8. The van der Waals surface area contributed by atoms with Crippen LogP contribution in [0.5, 0.6) is 0 Å². The van der Waals surface area contributed by atoms with E-state index in [2.05, 4.69) is 32.1 Å². The van der Waals surface area contributed by atoms with Crippen LogP contribution in [0.2, 0.25) is 0 Å². The average molecular weight is 136 g/mol. The molecule has 0 heterocycles. The molecule has 0 amide bonds. The SMILES string of the molecule is [CH2]C=CCCC=CCC[CH2]. The van der Waals surface area contributed by atoms with Crippen molar-refractivity contribution in [2.24, 2.45) is 0 Å². The number of rotatable bonds is 5. The van der Waals surface area contributed by atoms with Crippen molar-refractivity contribution >= 4 is 0 Å². The van der Waals surface area contributed by atoms with Crippen LogP contribution in [0.25, 0.3) is 0 Å². The predicted octanol–water partition coefficient (Wildman–Crippen LogP) is 3.33. The second-order valence-corrected chi connectivity index (χ2v) is 2.16. The highest BCUT2D eigenvalue weighted by Crippen LogP contribution is 1.95. The van der Waals surface area contributed by atoms with Gasteiger partial charge in [0, 0.05) is 0 Å². The van der Waals surface area contributed by atoms with Gasteiger partial charge >= 0.3 is 0 Å². The summed E-state index contributed by atoms with van der Waals surface area (Å²) in [7, 11) is 0. The minimum absolute atomic E-state index is 1.00. The summed E-state index contributed by atoms with van der Waals surface area (Å²) in [5, 5.41) is 0. The molecule has 0 N–H and O–H groups in total. The lowest BCUT2D eigenvalue weighted by molar-refractivity contribution is 1.00. The van der Waals surface area contributed by atoms with Crippen LogP contribution in [-0.4, -0.2) is 0 Å². The first-order valence-electron chi connectivity index (χ1n) is 3.80. The average Bonchev–Trinajstić information content (AvgIpc) is 1.97. The lowest BCUT2D eigenvalue weighted by Crippen LogP contribution is -1.65. The number of hydrogen-bond donors (Lipinski definition) is 0. The van der Waals surface area contributed by atoms with Gasteiger partial charge in [-0.25, -0.2) is 0 Å². The molecule has 0 fully saturated rings. The standard InChI is InChI=1S/C10H16/c1-3-5-7-9-10-8-6-4-2/h3,5,8,10H,1-2,4,6-7,9H2. The Hall–Kier alpha value is -0.520. The van der Waals surface area contributed by atoms with Crippen molar-refractivity contribution in [1.29, 1.82) is 0 Å². The summed E-state index contributed by atoms with van der Waals surface area (Å²) in [4.78, 5) is 0. The highest BCUT2D eigenvalue weighted by Gasteiger charge is 1.75. The van der Waals surface area contributed by atoms with Crippen molar-refractivity contribution in [2.45, 2.75) is 25.7 Å². The zero-order chi connectivity index (χ0) is 7.66. The predicted molar refractivity (Wildman–Crippen MR) is 47.5 cm³/mol. The van der Waals surface area contributed by atoms with Crippen LogP contribution in [0.1, 0.15) is 25.7 Å². The molecule has 2 radical (unpaired) electrons. The molecule has 0 nitrogen and oxygen atoms in total. The van der Waals surface area contributed by atoms with E-state index in [-0.39, 0.29) is 0 Å². The highest BCUT2D eigenvalue weighted by atomic mass is 13.8. The van der Waals surface area contributed by atoms with E-state index in [1.54, 1.807) is 0 Å². The Labute approximate surface area is 64.6 Å². The maximum Gasteiger partial charge on any atom is -0.0316 e. The summed E-state index contributed by atoms with van der Waals surface area (Å²) in [6.07, 6.45) is 12.7. The summed E-state index contributed by atoms with van der Waals surface area (Å²) < 4.78 is 0. The van der Waals surface area contributed by atoms with E-state index in [0.717, 1.165) is 25.7 Å². The van der Waals surface area contributed by atoms with Gasteiger partial charge in [0.15, 0.2) is 0 Å². The van der Waals surface area contributed by atoms with Gasteiger partial charge in [0.1, 0.15) is 0 Å². The Morgan fingerprint density at radius 1 is 0.900 bits per heavy atom. The zero-order valence-corrected chi connectivity index (χ0v) is 6.55. The molecule has 0 heteroatoms. The minimum atomic E-state index is 1.00. The summed E-state index contributed by atoms with van der Waals surface area (Å²) in [5.41, 5.74) is 0. The van der Waals surface area contributed by atoms with Crippen LogP contribution in [0, 0.1) is 13.8 Å². The van der Waals surface area contributed by atoms with E-state index in [0.29, 0.717) is 0 Å². The van der Waals surface area contributed by atoms with Crippen molar-refractivity contribution in [3.8, 4) is 0 Å². The molecule has 56 valence electrons. The van der Waals surface area contributed by atoms with Gasteiger partial charge < -0.3 is 0 Å². The molecule has 0 aromatic heterocycles. The van der Waals surface area contributed by atoms with Crippen LogP contribution in [0.4, 0.5) is 0 Å². The van der Waals surface area contributed by atoms with E-state index >= 15 is 0 Å². The molecule has 0 aliphatic rings. The number of hydrogen-bond acceptors (Lipinski definition) is 0. The molecular weight excluding hydrogens is 120 g/mol. The highest BCUT2D eigenvalue weighted by molar-refractivity contribution is 4.88. The first-order valence-corrected chi connectivity index (χ1v) is 3.80. The Morgan fingerprint density at radius 3 is 2.10 bits per heavy atom. The van der Waals surface area contributed by atoms with Crippen LogP contribution in [0.15, 0.2) is 24.3 Å². The third kappa shape index (κ3) is 7.48. The summed E-state index contributed by atoms with van der Waals surface area (Å²) >= 11 is 0. The first-order chi connectivity index (χ1) is 4.91. The molecule has 0 bridgehead atoms. The van der Waals surface area contributed by atoms with Gasteiger partial charge in [0.05, 0.1) is 0 Å². The van der Waals surface area contributed by atoms with E-state index < -0.39 is 0 Å². The molecule has 0 saturated heterocycles. The van der Waals surface area contributed by atoms with Gasteiger partial charge in [-0.2, -0.15) is 0 Å². The second kappa shape index (κ2) is 8.48. The van der Waals surface area contributed by atoms with Crippen LogP contribution in [0.3, 0.4) is 0 Å². The largest absolute Gasteiger partial charge is 0.0885 e. The Morgan fingerprint density at radius 2 is 1.50 bits per heavy atom. The Bertz CT molecular complexity index is 98.6. The van der Waals surface area contributed by atoms with Crippen LogP contribution >= 0.6 is 0 Å². The van der Waals surface area contributed by atoms with Crippen molar-refractivity contribution in [1.82, 2.24) is 0 Å². The van der Waals surface area contributed by atoms with Crippen molar-refractivity contribution in [2.75, 3.05) is 0 Å². The molecule has 0 aromatic rings. The number of allylic oxidation sites excluding steroid dienone is 4. The van der Waals surface area contributed by atoms with Gasteiger partial charge in [-0.3, -0.25) is 0 Å². The van der Waals surface area contributed by atoms with Gasteiger partial charge in [-0.1, -0.05) is 31.2 Å². The smallest absolute Gasteiger partial charge is 0.0316 e. The third-order valence-corrected chi connectivity index (χ3v) is 1.20. The minimum Gasteiger partial charge on any atom is -0.0885 e. The van der Waals surface area contributed by atoms with E-state index in [1.165, 1.54) is 0 Å². The first kappa shape index (κ1) is 9.48. The Balaban J connectivity index is 3.02. The quantitative estimate of drug-likeness (QED) is 0.401. The van der Waals surface area contributed by atoms with Gasteiger partial charge in [0.2, 0.25) is 0 Å². The van der Waals surface area contributed by atoms with Crippen molar-refractivity contribution in [3.05, 3.63) is 38.2 Å². The third-order valence-electron chi connectivity index (χ3n) is 1.20. The van der Waals surface area contributed by atoms with Gasteiger partial charge in [0.25, 0.3) is 0 Å². The van der Waals surface area contributed by atoms with Crippen LogP contribution < -0.4 is 0 Å². The molecular formula is C10H16. The topological polar surface area (TPSA) is 0 Å². The van der Waals surface area contributed by atoms with E-state index in [9.17, 15) is 0 Å². The summed E-state index contributed by atoms with van der Waals surface area (Å²) in [6, 6.07) is 0. The van der Waals surface area contributed by atoms with Crippen LogP contribution in [-0.2, 0) is 0 Å². The molecule has 0 aliphatic carbocycles. The summed E-state index contributed by atoms with van der Waals surface area (Å²) in [6.45, 7) is 7.35. The molecule has 0 spiro atoms. The van der Waals surface area contributed by atoms with E-state index in [1.807, 2.05) is 6.08 Å². The zero-order valence-electron chi connectivity index (χ0n) is 6.55. The molecule has 0 aromatic carbocycles. The second-order valence-electron chi connectivity index (χ2n) is 2.16. The number of unbranched alkanes of at least 4 members (excludes halogenated alkanes) is 2. The molecule has 0 atom stereocenters. The van der Waals surface area contributed by atoms with Crippen molar-refractivity contribution < 1.29 is 0 Å². The van der Waals surface area contributed by atoms with Gasteiger partial charge in [-0.15, -0.1) is 0 Å². The molecule has 0 unspecified atom stereocenters. The Kier molecular flexibility index (Phi) is 8.04. The lowest BCUT2D eigenvalue weighted by Gasteiger charge is -1.85. The van der Waals surface area contributed by atoms with Gasteiger partial charge in [-0.05, 0) is 32.6 Å². The van der Waals surface area contributed by atoms with E-state index in [4.69, 9.17) is 0 Å². The molecule has 0 rings (SSSR count). The molecule has 0 aliphatic heterocycles. The molecule has 10 heavy (non-hydrogen) atoms. The fraction of sp³-hybridized carbons (Fsp3) is 0.400. The fourth-order valence-corrected chi connectivity index (χ4v) is 0.664. The molecule has 0 saturated carbocycles. The maximum atomic E-state index is 3.74.